The molecule has 0 bridgehead atoms. The Kier molecular flexibility index (Phi) is 6.72. The van der Waals surface area contributed by atoms with Crippen LogP contribution < -0.4 is 5.32 Å². The molecule has 0 saturated heterocycles. The highest BCUT2D eigenvalue weighted by molar-refractivity contribution is 5.99. The fourth-order valence-electron chi connectivity index (χ4n) is 1.47. The maximum absolute atomic E-state index is 11.7. The van der Waals surface area contributed by atoms with Gasteiger partial charge in [-0.3, -0.25) is 9.59 Å². The van der Waals surface area contributed by atoms with Crippen LogP contribution in [0.15, 0.2) is 30.3 Å². The molecule has 1 aromatic carbocycles. The lowest BCUT2D eigenvalue weighted by Gasteiger charge is -2.05. The van der Waals surface area contributed by atoms with E-state index in [0.717, 1.165) is 0 Å². The van der Waals surface area contributed by atoms with E-state index in [4.69, 9.17) is 4.74 Å². The smallest absolute Gasteiger partial charge is 0.220 e. The van der Waals surface area contributed by atoms with Crippen molar-refractivity contribution in [3.05, 3.63) is 35.9 Å². The highest BCUT2D eigenvalue weighted by Crippen LogP contribution is 1.99. The van der Waals surface area contributed by atoms with Crippen molar-refractivity contribution in [1.29, 1.82) is 0 Å². The number of rotatable bonds is 8. The van der Waals surface area contributed by atoms with Crippen LogP contribution in [0.25, 0.3) is 0 Å². The fourth-order valence-corrected chi connectivity index (χ4v) is 1.47. The van der Waals surface area contributed by atoms with E-state index in [2.05, 4.69) is 5.32 Å². The molecule has 1 amide bonds. The van der Waals surface area contributed by atoms with Crippen LogP contribution in [0.5, 0.6) is 0 Å². The van der Waals surface area contributed by atoms with E-state index >= 15 is 0 Å². The lowest BCUT2D eigenvalue weighted by molar-refractivity contribution is -0.121. The molecule has 98 valence electrons. The molecule has 18 heavy (non-hydrogen) atoms. The molecule has 4 heteroatoms. The van der Waals surface area contributed by atoms with E-state index in [1.807, 2.05) is 13.0 Å². The van der Waals surface area contributed by atoms with Gasteiger partial charge in [-0.1, -0.05) is 30.3 Å². The Morgan fingerprint density at radius 1 is 1.22 bits per heavy atom. The Bertz CT molecular complexity index is 376. The van der Waals surface area contributed by atoms with Crippen molar-refractivity contribution in [2.24, 2.45) is 0 Å². The normalized spacial score (nSPS) is 10.1. The molecule has 0 aliphatic carbocycles. The number of benzene rings is 1. The van der Waals surface area contributed by atoms with Crippen LogP contribution in [-0.4, -0.2) is 31.4 Å². The van der Waals surface area contributed by atoms with Gasteiger partial charge in [0, 0.05) is 25.2 Å². The molecular formula is C14H19NO3. The lowest BCUT2D eigenvalue weighted by atomic mass is 10.1. The molecule has 0 aliphatic rings. The van der Waals surface area contributed by atoms with E-state index in [1.165, 1.54) is 0 Å². The second-order valence-corrected chi connectivity index (χ2v) is 3.87. The van der Waals surface area contributed by atoms with E-state index in [9.17, 15) is 9.59 Å². The molecule has 0 aromatic heterocycles. The first kappa shape index (κ1) is 14.4. The van der Waals surface area contributed by atoms with Gasteiger partial charge in [0.25, 0.3) is 0 Å². The van der Waals surface area contributed by atoms with Crippen LogP contribution in [-0.2, 0) is 9.53 Å². The van der Waals surface area contributed by atoms with Crippen molar-refractivity contribution < 1.29 is 14.3 Å². The minimum Gasteiger partial charge on any atom is -0.382 e. The highest BCUT2D eigenvalue weighted by atomic mass is 16.5. The zero-order valence-electron chi connectivity index (χ0n) is 10.6. The molecule has 0 radical (unpaired) electrons. The number of carbonyl (C=O) groups is 2. The first-order valence-corrected chi connectivity index (χ1v) is 6.16. The van der Waals surface area contributed by atoms with Crippen LogP contribution in [0.4, 0.5) is 0 Å². The number of amides is 1. The molecule has 0 aliphatic heterocycles. The summed E-state index contributed by atoms with van der Waals surface area (Å²) >= 11 is 0. The topological polar surface area (TPSA) is 55.4 Å². The van der Waals surface area contributed by atoms with Crippen LogP contribution >= 0.6 is 0 Å². The minimum atomic E-state index is -0.112. The summed E-state index contributed by atoms with van der Waals surface area (Å²) in [6.45, 7) is 3.21. The zero-order chi connectivity index (χ0) is 13.2. The van der Waals surface area contributed by atoms with Crippen molar-refractivity contribution in [2.75, 3.05) is 19.8 Å². The summed E-state index contributed by atoms with van der Waals surface area (Å²) in [7, 11) is 0. The van der Waals surface area contributed by atoms with Crippen LogP contribution in [0.1, 0.15) is 30.1 Å². The monoisotopic (exact) mass is 249 g/mol. The number of nitrogens with one attached hydrogen (secondary N) is 1. The van der Waals surface area contributed by atoms with Gasteiger partial charge in [-0.25, -0.2) is 0 Å². The lowest BCUT2D eigenvalue weighted by Crippen LogP contribution is -2.29. The van der Waals surface area contributed by atoms with Gasteiger partial charge >= 0.3 is 0 Å². The number of hydrogen-bond acceptors (Lipinski definition) is 3. The molecule has 4 nitrogen and oxygen atoms in total. The maximum atomic E-state index is 11.7. The second kappa shape index (κ2) is 8.42. The second-order valence-electron chi connectivity index (χ2n) is 3.87. The van der Waals surface area contributed by atoms with Crippen LogP contribution in [0.2, 0.25) is 0 Å². The summed E-state index contributed by atoms with van der Waals surface area (Å²) in [5.41, 5.74) is 0.618. The molecule has 0 heterocycles. The Morgan fingerprint density at radius 2 is 1.94 bits per heavy atom. The van der Waals surface area contributed by atoms with Crippen LogP contribution in [0.3, 0.4) is 0 Å². The van der Waals surface area contributed by atoms with E-state index < -0.39 is 0 Å². The number of hydrogen-bond donors (Lipinski definition) is 1. The standard InChI is InChI=1S/C14H19NO3/c1-2-18-10-6-9-14(17)15-11-13(16)12-7-4-3-5-8-12/h3-5,7-8H,2,6,9-11H2,1H3,(H,15,17). The summed E-state index contributed by atoms with van der Waals surface area (Å²) in [5, 5.41) is 2.61. The van der Waals surface area contributed by atoms with Gasteiger partial charge in [-0.2, -0.15) is 0 Å². The predicted octanol–water partition coefficient (Wildman–Crippen LogP) is 1.80. The summed E-state index contributed by atoms with van der Waals surface area (Å²) in [6.07, 6.45) is 1.07. The third-order valence-electron chi connectivity index (χ3n) is 2.44. The van der Waals surface area contributed by atoms with Gasteiger partial charge in [0.1, 0.15) is 0 Å². The number of carbonyl (C=O) groups excluding carboxylic acids is 2. The highest BCUT2D eigenvalue weighted by Gasteiger charge is 2.07. The van der Waals surface area contributed by atoms with E-state index in [1.54, 1.807) is 24.3 Å². The SMILES string of the molecule is CCOCCCC(=O)NCC(=O)c1ccccc1. The van der Waals surface area contributed by atoms with Crippen molar-refractivity contribution in [3.63, 3.8) is 0 Å². The number of ether oxygens (including phenoxy) is 1. The maximum Gasteiger partial charge on any atom is 0.220 e. The molecule has 0 unspecified atom stereocenters. The average Bonchev–Trinajstić information content (AvgIpc) is 2.42. The van der Waals surface area contributed by atoms with Gasteiger partial charge in [0.2, 0.25) is 5.91 Å². The number of ketones is 1. The van der Waals surface area contributed by atoms with E-state index in [-0.39, 0.29) is 18.2 Å². The van der Waals surface area contributed by atoms with Crippen molar-refractivity contribution in [1.82, 2.24) is 5.32 Å². The zero-order valence-corrected chi connectivity index (χ0v) is 10.6. The quantitative estimate of drug-likeness (QED) is 0.564. The third-order valence-corrected chi connectivity index (χ3v) is 2.44. The van der Waals surface area contributed by atoms with E-state index in [0.29, 0.717) is 31.6 Å². The van der Waals surface area contributed by atoms with Gasteiger partial charge in [0.05, 0.1) is 6.54 Å². The first-order valence-electron chi connectivity index (χ1n) is 6.16. The molecule has 0 spiro atoms. The van der Waals surface area contributed by atoms with Crippen molar-refractivity contribution >= 4 is 11.7 Å². The summed E-state index contributed by atoms with van der Waals surface area (Å²) in [5.74, 6) is -0.187. The Hall–Kier alpha value is -1.68. The average molecular weight is 249 g/mol. The molecule has 0 atom stereocenters. The summed E-state index contributed by atoms with van der Waals surface area (Å²) in [4.78, 5) is 23.1. The van der Waals surface area contributed by atoms with Gasteiger partial charge in [-0.05, 0) is 13.3 Å². The van der Waals surface area contributed by atoms with Gasteiger partial charge in [0.15, 0.2) is 5.78 Å². The Labute approximate surface area is 107 Å². The molecule has 1 N–H and O–H groups in total. The Balaban J connectivity index is 2.20. The first-order chi connectivity index (χ1) is 8.74. The largest absolute Gasteiger partial charge is 0.382 e. The summed E-state index contributed by atoms with van der Waals surface area (Å²) in [6, 6.07) is 8.94. The van der Waals surface area contributed by atoms with Gasteiger partial charge in [-0.15, -0.1) is 0 Å². The van der Waals surface area contributed by atoms with Gasteiger partial charge < -0.3 is 10.1 Å². The number of Topliss-reactive ketones (excluding diaryl/α,β-unsaturated/α-hetero) is 1. The summed E-state index contributed by atoms with van der Waals surface area (Å²) < 4.78 is 5.13. The fraction of sp³-hybridized carbons (Fsp3) is 0.429. The van der Waals surface area contributed by atoms with Crippen LogP contribution in [0, 0.1) is 0 Å². The minimum absolute atomic E-state index is 0.0531. The predicted molar refractivity (Wildman–Crippen MR) is 69.5 cm³/mol. The molecule has 0 fully saturated rings. The van der Waals surface area contributed by atoms with Crippen molar-refractivity contribution in [3.8, 4) is 0 Å². The molecule has 1 rings (SSSR count). The Morgan fingerprint density at radius 3 is 2.61 bits per heavy atom. The molecule has 1 aromatic rings. The molecule has 0 saturated carbocycles. The third kappa shape index (κ3) is 5.59. The molecular weight excluding hydrogens is 230 g/mol. The van der Waals surface area contributed by atoms with Crippen molar-refractivity contribution in [2.45, 2.75) is 19.8 Å².